The molecule has 60 valence electrons. The number of fused-ring (bicyclic) bond motifs is 1. The molecule has 0 N–H and O–H groups in total. The quantitative estimate of drug-likeness (QED) is 0.570. The van der Waals surface area contributed by atoms with Crippen molar-refractivity contribution in [1.29, 1.82) is 0 Å². The average molecular weight is 160 g/mol. The number of aliphatic imine (C=N–C) groups is 1. The SMILES string of the molecule is O=CN1C=Nc2ccccc2C1. The first kappa shape index (κ1) is 7.03. The third-order valence-corrected chi connectivity index (χ3v) is 1.83. The van der Waals surface area contributed by atoms with Gasteiger partial charge in [-0.1, -0.05) is 18.2 Å². The predicted octanol–water partition coefficient (Wildman–Crippen LogP) is 1.32. The molecule has 1 aromatic carbocycles. The monoisotopic (exact) mass is 160 g/mol. The van der Waals surface area contributed by atoms with Gasteiger partial charge < -0.3 is 4.90 Å². The second kappa shape index (κ2) is 2.77. The van der Waals surface area contributed by atoms with Gasteiger partial charge in [-0.3, -0.25) is 4.79 Å². The zero-order chi connectivity index (χ0) is 8.39. The van der Waals surface area contributed by atoms with Crippen LogP contribution in [0.1, 0.15) is 5.56 Å². The minimum absolute atomic E-state index is 0.628. The van der Waals surface area contributed by atoms with E-state index in [0.717, 1.165) is 17.7 Å². The normalized spacial score (nSPS) is 14.2. The smallest absolute Gasteiger partial charge is 0.215 e. The van der Waals surface area contributed by atoms with E-state index in [0.29, 0.717) is 6.54 Å². The Morgan fingerprint density at radius 2 is 2.25 bits per heavy atom. The molecule has 1 amide bonds. The summed E-state index contributed by atoms with van der Waals surface area (Å²) in [7, 11) is 0. The van der Waals surface area contributed by atoms with Crippen LogP contribution in [0.3, 0.4) is 0 Å². The highest BCUT2D eigenvalue weighted by Gasteiger charge is 2.08. The van der Waals surface area contributed by atoms with Gasteiger partial charge in [-0.25, -0.2) is 4.99 Å². The summed E-state index contributed by atoms with van der Waals surface area (Å²) in [5, 5.41) is 0. The Hall–Kier alpha value is -1.64. The molecule has 0 bridgehead atoms. The zero-order valence-corrected chi connectivity index (χ0v) is 6.47. The van der Waals surface area contributed by atoms with Gasteiger partial charge >= 0.3 is 0 Å². The van der Waals surface area contributed by atoms with Gasteiger partial charge in [-0.2, -0.15) is 0 Å². The van der Waals surface area contributed by atoms with E-state index in [9.17, 15) is 4.79 Å². The summed E-state index contributed by atoms with van der Waals surface area (Å²) in [6.45, 7) is 0.628. The molecular formula is C9H8N2O. The molecule has 1 aliphatic rings. The molecule has 0 atom stereocenters. The number of amides is 1. The van der Waals surface area contributed by atoms with Crippen molar-refractivity contribution in [3.05, 3.63) is 29.8 Å². The summed E-state index contributed by atoms with van der Waals surface area (Å²) in [6.07, 6.45) is 2.33. The second-order valence-electron chi connectivity index (χ2n) is 2.65. The first-order chi connectivity index (χ1) is 5.90. The van der Waals surface area contributed by atoms with Crippen LogP contribution in [0, 0.1) is 0 Å². The molecule has 1 aliphatic heterocycles. The Morgan fingerprint density at radius 1 is 1.42 bits per heavy atom. The molecule has 3 heteroatoms. The van der Waals surface area contributed by atoms with Crippen LogP contribution in [0.4, 0.5) is 5.69 Å². The number of para-hydroxylation sites is 1. The van der Waals surface area contributed by atoms with Gasteiger partial charge in [-0.15, -0.1) is 0 Å². The fraction of sp³-hybridized carbons (Fsp3) is 0.111. The third-order valence-electron chi connectivity index (χ3n) is 1.83. The van der Waals surface area contributed by atoms with Crippen molar-refractivity contribution in [3.63, 3.8) is 0 Å². The molecule has 1 aromatic rings. The first-order valence-corrected chi connectivity index (χ1v) is 3.73. The Labute approximate surface area is 70.3 Å². The van der Waals surface area contributed by atoms with Crippen molar-refractivity contribution in [1.82, 2.24) is 4.90 Å². The van der Waals surface area contributed by atoms with E-state index >= 15 is 0 Å². The highest BCUT2D eigenvalue weighted by molar-refractivity contribution is 5.77. The van der Waals surface area contributed by atoms with Crippen molar-refractivity contribution in [2.75, 3.05) is 0 Å². The van der Waals surface area contributed by atoms with E-state index in [1.807, 2.05) is 24.3 Å². The van der Waals surface area contributed by atoms with Crippen molar-refractivity contribution in [2.24, 2.45) is 4.99 Å². The van der Waals surface area contributed by atoms with Gasteiger partial charge in [0, 0.05) is 0 Å². The minimum atomic E-state index is 0.628. The summed E-state index contributed by atoms with van der Waals surface area (Å²) in [5.41, 5.74) is 2.04. The Kier molecular flexibility index (Phi) is 1.63. The maximum atomic E-state index is 10.4. The third kappa shape index (κ3) is 1.09. The van der Waals surface area contributed by atoms with E-state index in [-0.39, 0.29) is 0 Å². The average Bonchev–Trinajstić information content (AvgIpc) is 2.17. The summed E-state index contributed by atoms with van der Waals surface area (Å²) < 4.78 is 0. The van der Waals surface area contributed by atoms with E-state index < -0.39 is 0 Å². The summed E-state index contributed by atoms with van der Waals surface area (Å²) in [6, 6.07) is 7.80. The minimum Gasteiger partial charge on any atom is -0.301 e. The van der Waals surface area contributed by atoms with Crippen LogP contribution in [0.15, 0.2) is 29.3 Å². The molecule has 0 unspecified atom stereocenters. The molecule has 0 aromatic heterocycles. The molecule has 0 fully saturated rings. The van der Waals surface area contributed by atoms with Gasteiger partial charge in [0.15, 0.2) is 0 Å². The Morgan fingerprint density at radius 3 is 3.08 bits per heavy atom. The van der Waals surface area contributed by atoms with Gasteiger partial charge in [0.05, 0.1) is 18.6 Å². The van der Waals surface area contributed by atoms with Gasteiger partial charge in [0.1, 0.15) is 0 Å². The summed E-state index contributed by atoms with van der Waals surface area (Å²) >= 11 is 0. The standard InChI is InChI=1S/C9H8N2O/c12-7-11-5-8-3-1-2-4-9(8)10-6-11/h1-4,6-7H,5H2. The summed E-state index contributed by atoms with van der Waals surface area (Å²) in [4.78, 5) is 16.0. The van der Waals surface area contributed by atoms with E-state index in [2.05, 4.69) is 4.99 Å². The second-order valence-corrected chi connectivity index (χ2v) is 2.65. The van der Waals surface area contributed by atoms with Crippen molar-refractivity contribution in [2.45, 2.75) is 6.54 Å². The van der Waals surface area contributed by atoms with E-state index in [4.69, 9.17) is 0 Å². The lowest BCUT2D eigenvalue weighted by molar-refractivity contribution is -0.115. The van der Waals surface area contributed by atoms with Gasteiger partial charge in [-0.05, 0) is 11.6 Å². The lowest BCUT2D eigenvalue weighted by atomic mass is 10.1. The molecule has 0 saturated carbocycles. The van der Waals surface area contributed by atoms with Crippen LogP contribution in [-0.4, -0.2) is 17.6 Å². The topological polar surface area (TPSA) is 32.7 Å². The number of rotatable bonds is 1. The molecule has 0 aliphatic carbocycles. The fourth-order valence-corrected chi connectivity index (χ4v) is 1.21. The molecule has 1 heterocycles. The number of benzene rings is 1. The van der Waals surface area contributed by atoms with Crippen LogP contribution in [0.2, 0.25) is 0 Å². The van der Waals surface area contributed by atoms with Crippen molar-refractivity contribution < 1.29 is 4.79 Å². The molecule has 2 rings (SSSR count). The van der Waals surface area contributed by atoms with Crippen LogP contribution in [-0.2, 0) is 11.3 Å². The molecule has 12 heavy (non-hydrogen) atoms. The molecule has 0 saturated heterocycles. The molecule has 0 spiro atoms. The lowest BCUT2D eigenvalue weighted by Crippen LogP contribution is -2.21. The maximum Gasteiger partial charge on any atom is 0.215 e. The number of carbonyl (C=O) groups is 1. The molecule has 3 nitrogen and oxygen atoms in total. The Bertz CT molecular complexity index is 333. The van der Waals surface area contributed by atoms with Crippen molar-refractivity contribution in [3.8, 4) is 0 Å². The molecule has 0 radical (unpaired) electrons. The first-order valence-electron chi connectivity index (χ1n) is 3.73. The number of carbonyl (C=O) groups excluding carboxylic acids is 1. The largest absolute Gasteiger partial charge is 0.301 e. The van der Waals surface area contributed by atoms with Crippen LogP contribution in [0.5, 0.6) is 0 Å². The van der Waals surface area contributed by atoms with Crippen molar-refractivity contribution >= 4 is 18.4 Å². The van der Waals surface area contributed by atoms with Crippen LogP contribution in [0.25, 0.3) is 0 Å². The van der Waals surface area contributed by atoms with E-state index in [1.165, 1.54) is 4.90 Å². The van der Waals surface area contributed by atoms with Crippen LogP contribution < -0.4 is 0 Å². The molecular weight excluding hydrogens is 152 g/mol. The van der Waals surface area contributed by atoms with Gasteiger partial charge in [0.25, 0.3) is 0 Å². The number of hydrogen-bond acceptors (Lipinski definition) is 2. The highest BCUT2D eigenvalue weighted by Crippen LogP contribution is 2.22. The fourth-order valence-electron chi connectivity index (χ4n) is 1.21. The Balaban J connectivity index is 2.39. The number of hydrogen-bond donors (Lipinski definition) is 0. The highest BCUT2D eigenvalue weighted by atomic mass is 16.1. The summed E-state index contributed by atoms with van der Waals surface area (Å²) in [5.74, 6) is 0. The number of nitrogens with zero attached hydrogens (tertiary/aromatic N) is 2. The zero-order valence-electron chi connectivity index (χ0n) is 6.47. The van der Waals surface area contributed by atoms with Gasteiger partial charge in [0.2, 0.25) is 6.41 Å². The lowest BCUT2D eigenvalue weighted by Gasteiger charge is -2.17. The van der Waals surface area contributed by atoms with Crippen LogP contribution >= 0.6 is 0 Å². The van der Waals surface area contributed by atoms with E-state index in [1.54, 1.807) is 6.34 Å². The predicted molar refractivity (Wildman–Crippen MR) is 46.2 cm³/mol. The maximum absolute atomic E-state index is 10.4.